The lowest BCUT2D eigenvalue weighted by Gasteiger charge is -2.14. The SMILES string of the molecule is OCC(O)CNCC(O)COc1ccc(Cl)c(Cl)c1. The van der Waals surface area contributed by atoms with Crippen molar-refractivity contribution in [1.82, 2.24) is 5.32 Å². The predicted molar refractivity (Wildman–Crippen MR) is 73.9 cm³/mol. The molecule has 0 fully saturated rings. The van der Waals surface area contributed by atoms with E-state index in [0.29, 0.717) is 15.8 Å². The van der Waals surface area contributed by atoms with Gasteiger partial charge in [-0.1, -0.05) is 23.2 Å². The van der Waals surface area contributed by atoms with Crippen LogP contribution in [-0.2, 0) is 0 Å². The smallest absolute Gasteiger partial charge is 0.121 e. The van der Waals surface area contributed by atoms with Crippen molar-refractivity contribution in [1.29, 1.82) is 0 Å². The van der Waals surface area contributed by atoms with Gasteiger partial charge in [0, 0.05) is 19.2 Å². The van der Waals surface area contributed by atoms with E-state index in [2.05, 4.69) is 5.32 Å². The summed E-state index contributed by atoms with van der Waals surface area (Å²) in [5, 5.41) is 30.9. The standard InChI is InChI=1S/C12H17Cl2NO4/c13-11-2-1-10(3-12(11)14)19-7-9(18)5-15-4-8(17)6-16/h1-3,8-9,15-18H,4-7H2. The number of ether oxygens (including phenoxy) is 1. The summed E-state index contributed by atoms with van der Waals surface area (Å²) < 4.78 is 5.34. The molecule has 0 saturated heterocycles. The lowest BCUT2D eigenvalue weighted by atomic mass is 10.3. The Labute approximate surface area is 121 Å². The number of aliphatic hydroxyl groups excluding tert-OH is 3. The highest BCUT2D eigenvalue weighted by Gasteiger charge is 2.08. The molecule has 2 unspecified atom stereocenters. The molecule has 1 rings (SSSR count). The molecular formula is C12H17Cl2NO4. The Morgan fingerprint density at radius 2 is 1.79 bits per heavy atom. The van der Waals surface area contributed by atoms with Gasteiger partial charge >= 0.3 is 0 Å². The maximum Gasteiger partial charge on any atom is 0.121 e. The topological polar surface area (TPSA) is 82.0 Å². The first-order valence-electron chi connectivity index (χ1n) is 5.78. The van der Waals surface area contributed by atoms with Crippen LogP contribution in [0.5, 0.6) is 5.75 Å². The Kier molecular flexibility index (Phi) is 7.45. The van der Waals surface area contributed by atoms with Gasteiger partial charge in [0.1, 0.15) is 18.5 Å². The zero-order valence-corrected chi connectivity index (χ0v) is 11.7. The van der Waals surface area contributed by atoms with Gasteiger partial charge in [0.2, 0.25) is 0 Å². The summed E-state index contributed by atoms with van der Waals surface area (Å²) >= 11 is 11.6. The predicted octanol–water partition coefficient (Wildman–Crippen LogP) is 0.676. The van der Waals surface area contributed by atoms with E-state index in [-0.39, 0.29) is 26.3 Å². The lowest BCUT2D eigenvalue weighted by Crippen LogP contribution is -2.37. The second kappa shape index (κ2) is 8.58. The number of halogens is 2. The van der Waals surface area contributed by atoms with Gasteiger partial charge in [-0.05, 0) is 12.1 Å². The van der Waals surface area contributed by atoms with Crippen molar-refractivity contribution in [3.63, 3.8) is 0 Å². The molecule has 0 bridgehead atoms. The quantitative estimate of drug-likeness (QED) is 0.567. The first-order chi connectivity index (χ1) is 9.02. The van der Waals surface area contributed by atoms with Gasteiger partial charge < -0.3 is 25.4 Å². The molecule has 0 spiro atoms. The number of hydrogen-bond acceptors (Lipinski definition) is 5. The Morgan fingerprint density at radius 3 is 2.42 bits per heavy atom. The van der Waals surface area contributed by atoms with Crippen LogP contribution >= 0.6 is 23.2 Å². The average Bonchev–Trinajstić information content (AvgIpc) is 2.40. The highest BCUT2D eigenvalue weighted by Crippen LogP contribution is 2.26. The van der Waals surface area contributed by atoms with Gasteiger partial charge in [0.25, 0.3) is 0 Å². The minimum atomic E-state index is -0.830. The molecule has 4 N–H and O–H groups in total. The molecule has 19 heavy (non-hydrogen) atoms. The summed E-state index contributed by atoms with van der Waals surface area (Å²) in [6.07, 6.45) is -1.57. The number of aliphatic hydroxyl groups is 3. The zero-order chi connectivity index (χ0) is 14.3. The number of hydrogen-bond donors (Lipinski definition) is 4. The van der Waals surface area contributed by atoms with Gasteiger partial charge in [-0.2, -0.15) is 0 Å². The molecule has 0 aliphatic rings. The molecule has 0 amide bonds. The fourth-order valence-corrected chi connectivity index (χ4v) is 1.59. The Morgan fingerprint density at radius 1 is 1.11 bits per heavy atom. The van der Waals surface area contributed by atoms with E-state index in [4.69, 9.17) is 38.2 Å². The van der Waals surface area contributed by atoms with E-state index >= 15 is 0 Å². The van der Waals surface area contributed by atoms with Gasteiger partial charge in [-0.25, -0.2) is 0 Å². The molecule has 0 saturated carbocycles. The lowest BCUT2D eigenvalue weighted by molar-refractivity contribution is 0.0795. The Balaban J connectivity index is 2.25. The first-order valence-corrected chi connectivity index (χ1v) is 6.54. The van der Waals surface area contributed by atoms with Crippen molar-refractivity contribution < 1.29 is 20.1 Å². The molecule has 5 nitrogen and oxygen atoms in total. The highest BCUT2D eigenvalue weighted by molar-refractivity contribution is 6.42. The third-order valence-corrected chi connectivity index (χ3v) is 3.04. The van der Waals surface area contributed by atoms with Crippen LogP contribution < -0.4 is 10.1 Å². The number of nitrogens with one attached hydrogen (secondary N) is 1. The van der Waals surface area contributed by atoms with E-state index in [1.165, 1.54) is 0 Å². The van der Waals surface area contributed by atoms with Crippen molar-refractivity contribution in [2.75, 3.05) is 26.3 Å². The molecule has 1 aromatic rings. The van der Waals surface area contributed by atoms with Crippen LogP contribution in [0.1, 0.15) is 0 Å². The summed E-state index contributed by atoms with van der Waals surface area (Å²) in [4.78, 5) is 0. The second-order valence-electron chi connectivity index (χ2n) is 4.04. The summed E-state index contributed by atoms with van der Waals surface area (Å²) in [6.45, 7) is 0.224. The third-order valence-electron chi connectivity index (χ3n) is 2.30. The van der Waals surface area contributed by atoms with Crippen LogP contribution in [0.4, 0.5) is 0 Å². The molecule has 2 atom stereocenters. The maximum absolute atomic E-state index is 9.63. The molecule has 0 aliphatic heterocycles. The third kappa shape index (κ3) is 6.42. The number of rotatable bonds is 8. The van der Waals surface area contributed by atoms with E-state index in [0.717, 1.165) is 0 Å². The summed E-state index contributed by atoms with van der Waals surface area (Å²) in [7, 11) is 0. The van der Waals surface area contributed by atoms with Gasteiger partial charge in [-0.15, -0.1) is 0 Å². The van der Waals surface area contributed by atoms with Crippen molar-refractivity contribution in [2.45, 2.75) is 12.2 Å². The van der Waals surface area contributed by atoms with Crippen molar-refractivity contribution in [3.8, 4) is 5.75 Å². The highest BCUT2D eigenvalue weighted by atomic mass is 35.5. The van der Waals surface area contributed by atoms with Crippen LogP contribution in [0.3, 0.4) is 0 Å². The minimum absolute atomic E-state index is 0.0835. The first kappa shape index (κ1) is 16.5. The normalized spacial score (nSPS) is 14.2. The molecule has 0 radical (unpaired) electrons. The average molecular weight is 310 g/mol. The van der Waals surface area contributed by atoms with E-state index in [1.807, 2.05) is 0 Å². The van der Waals surface area contributed by atoms with E-state index in [1.54, 1.807) is 18.2 Å². The van der Waals surface area contributed by atoms with Crippen molar-refractivity contribution >= 4 is 23.2 Å². The van der Waals surface area contributed by atoms with Crippen molar-refractivity contribution in [3.05, 3.63) is 28.2 Å². The summed E-state index contributed by atoms with van der Waals surface area (Å²) in [5.41, 5.74) is 0. The Hall–Kier alpha value is -0.560. The van der Waals surface area contributed by atoms with E-state index in [9.17, 15) is 5.11 Å². The zero-order valence-electron chi connectivity index (χ0n) is 10.2. The number of benzene rings is 1. The fraction of sp³-hybridized carbons (Fsp3) is 0.500. The van der Waals surface area contributed by atoms with E-state index < -0.39 is 12.2 Å². The van der Waals surface area contributed by atoms with Crippen LogP contribution in [-0.4, -0.2) is 53.8 Å². The van der Waals surface area contributed by atoms with Crippen LogP contribution in [0.25, 0.3) is 0 Å². The van der Waals surface area contributed by atoms with Gasteiger partial charge in [-0.3, -0.25) is 0 Å². The molecule has 108 valence electrons. The van der Waals surface area contributed by atoms with Gasteiger partial charge in [0.15, 0.2) is 0 Å². The molecule has 1 aromatic carbocycles. The molecule has 0 aromatic heterocycles. The van der Waals surface area contributed by atoms with Crippen molar-refractivity contribution in [2.24, 2.45) is 0 Å². The van der Waals surface area contributed by atoms with Crippen LogP contribution in [0.2, 0.25) is 10.0 Å². The molecule has 0 heterocycles. The molecular weight excluding hydrogens is 293 g/mol. The van der Waals surface area contributed by atoms with Crippen LogP contribution in [0, 0.1) is 0 Å². The monoisotopic (exact) mass is 309 g/mol. The largest absolute Gasteiger partial charge is 0.491 e. The van der Waals surface area contributed by atoms with Gasteiger partial charge in [0.05, 0.1) is 22.8 Å². The Bertz CT molecular complexity index is 392. The second-order valence-corrected chi connectivity index (χ2v) is 4.85. The summed E-state index contributed by atoms with van der Waals surface area (Å²) in [6, 6.07) is 4.84. The molecule has 7 heteroatoms. The molecule has 0 aliphatic carbocycles. The minimum Gasteiger partial charge on any atom is -0.491 e. The van der Waals surface area contributed by atoms with Crippen LogP contribution in [0.15, 0.2) is 18.2 Å². The summed E-state index contributed by atoms with van der Waals surface area (Å²) in [5.74, 6) is 0.517. The fourth-order valence-electron chi connectivity index (χ4n) is 1.30. The maximum atomic E-state index is 9.63.